The molecule has 3 aromatic rings. The van der Waals surface area contributed by atoms with Gasteiger partial charge >= 0.3 is 0 Å². The van der Waals surface area contributed by atoms with Crippen LogP contribution in [-0.4, -0.2) is 50.5 Å². The summed E-state index contributed by atoms with van der Waals surface area (Å²) in [7, 11) is -3.94. The zero-order chi connectivity index (χ0) is 28.6. The smallest absolute Gasteiger partial charge is 0.244 e. The van der Waals surface area contributed by atoms with Gasteiger partial charge in [-0.2, -0.15) is 0 Å². The number of nitrogens with zero attached hydrogens (tertiary/aromatic N) is 2. The van der Waals surface area contributed by atoms with Gasteiger partial charge in [0, 0.05) is 24.5 Å². The molecule has 0 heterocycles. The average molecular weight is 591 g/mol. The molecule has 0 saturated heterocycles. The number of sulfonamides is 1. The maximum atomic E-state index is 14.0. The van der Waals surface area contributed by atoms with Crippen molar-refractivity contribution in [2.75, 3.05) is 23.7 Å². The number of anilines is 1. The Morgan fingerprint density at radius 2 is 1.64 bits per heavy atom. The fourth-order valence-electron chi connectivity index (χ4n) is 4.20. The molecule has 10 heteroatoms. The Morgan fingerprint density at radius 3 is 2.28 bits per heavy atom. The molecule has 208 valence electrons. The van der Waals surface area contributed by atoms with Crippen LogP contribution in [0.2, 0.25) is 10.0 Å². The van der Waals surface area contributed by atoms with Crippen molar-refractivity contribution in [2.24, 2.45) is 0 Å². The van der Waals surface area contributed by atoms with Gasteiger partial charge in [0.25, 0.3) is 0 Å². The van der Waals surface area contributed by atoms with Crippen LogP contribution in [0.15, 0.2) is 72.8 Å². The van der Waals surface area contributed by atoms with Crippen LogP contribution >= 0.6 is 23.2 Å². The molecule has 0 spiro atoms. The van der Waals surface area contributed by atoms with E-state index in [0.29, 0.717) is 6.54 Å². The van der Waals surface area contributed by atoms with Gasteiger partial charge in [-0.25, -0.2) is 8.42 Å². The number of hydrogen-bond donors (Lipinski definition) is 1. The number of amides is 2. The maximum Gasteiger partial charge on any atom is 0.244 e. The summed E-state index contributed by atoms with van der Waals surface area (Å²) in [4.78, 5) is 29.0. The van der Waals surface area contributed by atoms with Gasteiger partial charge in [-0.3, -0.25) is 13.9 Å². The lowest BCUT2D eigenvalue weighted by atomic mass is 10.0. The van der Waals surface area contributed by atoms with E-state index in [1.807, 2.05) is 68.4 Å². The minimum Gasteiger partial charge on any atom is -0.354 e. The summed E-state index contributed by atoms with van der Waals surface area (Å²) >= 11 is 12.5. The Morgan fingerprint density at radius 1 is 0.949 bits per heavy atom. The molecule has 39 heavy (non-hydrogen) atoms. The summed E-state index contributed by atoms with van der Waals surface area (Å²) in [5, 5.41) is 3.31. The first-order valence-electron chi connectivity index (χ1n) is 12.6. The molecule has 7 nitrogen and oxygen atoms in total. The third-order valence-corrected chi connectivity index (χ3v) is 7.79. The van der Waals surface area contributed by atoms with Gasteiger partial charge in [0.15, 0.2) is 0 Å². The van der Waals surface area contributed by atoms with Crippen molar-refractivity contribution in [2.45, 2.75) is 39.3 Å². The lowest BCUT2D eigenvalue weighted by Gasteiger charge is -2.33. The third kappa shape index (κ3) is 8.71. The summed E-state index contributed by atoms with van der Waals surface area (Å²) in [6.45, 7) is 3.89. The van der Waals surface area contributed by atoms with Gasteiger partial charge in [-0.05, 0) is 42.7 Å². The number of aryl methyl sites for hydroxylation is 1. The second-order valence-corrected chi connectivity index (χ2v) is 12.1. The molecule has 0 aliphatic rings. The van der Waals surface area contributed by atoms with Crippen molar-refractivity contribution in [1.29, 1.82) is 0 Å². The minimum absolute atomic E-state index is 0.0885. The summed E-state index contributed by atoms with van der Waals surface area (Å²) in [5.41, 5.74) is 2.77. The maximum absolute atomic E-state index is 14.0. The second-order valence-electron chi connectivity index (χ2n) is 9.37. The molecule has 0 aliphatic heterocycles. The van der Waals surface area contributed by atoms with Gasteiger partial charge in [-0.1, -0.05) is 90.3 Å². The number of carbonyl (C=O) groups is 2. The predicted molar refractivity (Wildman–Crippen MR) is 158 cm³/mol. The van der Waals surface area contributed by atoms with E-state index >= 15 is 0 Å². The third-order valence-electron chi connectivity index (χ3n) is 6.11. The minimum atomic E-state index is -3.94. The van der Waals surface area contributed by atoms with E-state index in [9.17, 15) is 18.0 Å². The molecule has 3 aromatic carbocycles. The Balaban J connectivity index is 2.07. The van der Waals surface area contributed by atoms with Gasteiger partial charge in [0.2, 0.25) is 21.8 Å². The fraction of sp³-hybridized carbons (Fsp3) is 0.310. The number of carbonyl (C=O) groups excluding carboxylic acids is 2. The van der Waals surface area contributed by atoms with Crippen molar-refractivity contribution in [3.63, 3.8) is 0 Å². The Hall–Kier alpha value is -3.07. The van der Waals surface area contributed by atoms with Crippen molar-refractivity contribution in [3.8, 4) is 0 Å². The van der Waals surface area contributed by atoms with Crippen LogP contribution in [0.5, 0.6) is 0 Å². The van der Waals surface area contributed by atoms with E-state index in [1.54, 1.807) is 0 Å². The topological polar surface area (TPSA) is 86.8 Å². The predicted octanol–water partition coefficient (Wildman–Crippen LogP) is 5.23. The van der Waals surface area contributed by atoms with E-state index in [-0.39, 0.29) is 34.6 Å². The van der Waals surface area contributed by atoms with Crippen LogP contribution in [0.1, 0.15) is 30.0 Å². The molecule has 0 fully saturated rings. The first-order chi connectivity index (χ1) is 18.5. The zero-order valence-electron chi connectivity index (χ0n) is 22.2. The number of rotatable bonds is 12. The first-order valence-corrected chi connectivity index (χ1v) is 15.2. The number of benzene rings is 3. The highest BCUT2D eigenvalue weighted by Gasteiger charge is 2.33. The summed E-state index contributed by atoms with van der Waals surface area (Å²) in [6, 6.07) is 20.6. The largest absolute Gasteiger partial charge is 0.354 e. The lowest BCUT2D eigenvalue weighted by molar-refractivity contribution is -0.140. The summed E-state index contributed by atoms with van der Waals surface area (Å²) < 4.78 is 26.7. The van der Waals surface area contributed by atoms with Crippen molar-refractivity contribution < 1.29 is 18.0 Å². The van der Waals surface area contributed by atoms with Gasteiger partial charge in [0.05, 0.1) is 17.0 Å². The molecule has 2 amide bonds. The highest BCUT2D eigenvalue weighted by atomic mass is 35.5. The lowest BCUT2D eigenvalue weighted by Crippen LogP contribution is -2.53. The van der Waals surface area contributed by atoms with Gasteiger partial charge in [-0.15, -0.1) is 0 Å². The highest BCUT2D eigenvalue weighted by molar-refractivity contribution is 7.92. The van der Waals surface area contributed by atoms with Crippen molar-refractivity contribution >= 4 is 50.7 Å². The molecule has 1 unspecified atom stereocenters. The monoisotopic (exact) mass is 589 g/mol. The van der Waals surface area contributed by atoms with E-state index in [4.69, 9.17) is 23.2 Å². The molecular weight excluding hydrogens is 557 g/mol. The molecular formula is C29H33Cl2N3O4S. The Kier molecular flexibility index (Phi) is 10.8. The summed E-state index contributed by atoms with van der Waals surface area (Å²) in [6.07, 6.45) is 1.98. The van der Waals surface area contributed by atoms with E-state index in [2.05, 4.69) is 5.32 Å². The quantitative estimate of drug-likeness (QED) is 0.313. The van der Waals surface area contributed by atoms with Crippen molar-refractivity contribution in [1.82, 2.24) is 10.2 Å². The first kappa shape index (κ1) is 30.5. The van der Waals surface area contributed by atoms with Gasteiger partial charge in [0.1, 0.15) is 12.6 Å². The Labute approximate surface area is 240 Å². The fourth-order valence-corrected chi connectivity index (χ4v) is 5.49. The number of hydrogen-bond acceptors (Lipinski definition) is 4. The standard InChI is InChI=1S/C29H33Cl2N3O4S/c1-4-15-32-29(36)27(17-22-10-6-5-7-11-22)33(19-23-12-8-9-21(2)16-23)28(35)20-34(39(3,37)38)26-18-24(30)13-14-25(26)31/h5-14,16,18,27H,4,15,17,19-20H2,1-3H3,(H,32,36). The van der Waals surface area contributed by atoms with E-state index < -0.39 is 28.5 Å². The molecule has 0 radical (unpaired) electrons. The molecule has 3 rings (SSSR count). The van der Waals surface area contributed by atoms with Gasteiger partial charge < -0.3 is 10.2 Å². The van der Waals surface area contributed by atoms with Crippen LogP contribution in [-0.2, 0) is 32.6 Å². The van der Waals surface area contributed by atoms with Crippen LogP contribution in [0.25, 0.3) is 0 Å². The van der Waals surface area contributed by atoms with E-state index in [0.717, 1.165) is 33.7 Å². The molecule has 0 aliphatic carbocycles. The van der Waals surface area contributed by atoms with Crippen LogP contribution in [0.4, 0.5) is 5.69 Å². The zero-order valence-corrected chi connectivity index (χ0v) is 24.6. The number of nitrogens with one attached hydrogen (secondary N) is 1. The summed E-state index contributed by atoms with van der Waals surface area (Å²) in [5.74, 6) is -0.862. The normalized spacial score (nSPS) is 12.0. The average Bonchev–Trinajstić information content (AvgIpc) is 2.89. The van der Waals surface area contributed by atoms with Crippen molar-refractivity contribution in [3.05, 3.63) is 99.5 Å². The number of halogens is 2. The molecule has 0 bridgehead atoms. The SMILES string of the molecule is CCCNC(=O)C(Cc1ccccc1)N(Cc1cccc(C)c1)C(=O)CN(c1cc(Cl)ccc1Cl)S(C)(=O)=O. The Bertz CT molecular complexity index is 1400. The van der Waals surface area contributed by atoms with E-state index in [1.165, 1.54) is 23.1 Å². The molecule has 0 saturated carbocycles. The molecule has 1 N–H and O–H groups in total. The van der Waals surface area contributed by atoms with Crippen LogP contribution in [0, 0.1) is 6.92 Å². The highest BCUT2D eigenvalue weighted by Crippen LogP contribution is 2.31. The second kappa shape index (κ2) is 13.8. The molecule has 1 atom stereocenters. The van der Waals surface area contributed by atoms with Crippen LogP contribution in [0.3, 0.4) is 0 Å². The van der Waals surface area contributed by atoms with Crippen LogP contribution < -0.4 is 9.62 Å². The molecule has 0 aromatic heterocycles.